The maximum Gasteiger partial charge on any atom is 0.373 e. The molecular formula is C7H10N2NaO4S. The predicted octanol–water partition coefficient (Wildman–Crippen LogP) is -0.203. The van der Waals surface area contributed by atoms with Gasteiger partial charge in [0.05, 0.1) is 12.8 Å². The molecule has 0 aliphatic carbocycles. The first-order valence-electron chi connectivity index (χ1n) is 3.61. The minimum Gasteiger partial charge on any atom is -0.497 e. The van der Waals surface area contributed by atoms with Gasteiger partial charge in [0.25, 0.3) is 0 Å². The van der Waals surface area contributed by atoms with Gasteiger partial charge in [0.15, 0.2) is 0 Å². The van der Waals surface area contributed by atoms with E-state index in [9.17, 15) is 8.42 Å². The Hall–Kier alpha value is -0.310. The fraction of sp³-hybridized carbons (Fsp3) is 0.143. The number of hydrogen-bond acceptors (Lipinski definition) is 4. The van der Waals surface area contributed by atoms with Crippen molar-refractivity contribution in [3.8, 4) is 5.75 Å². The minimum absolute atomic E-state index is 0. The van der Waals surface area contributed by atoms with E-state index < -0.39 is 10.3 Å². The molecule has 0 aromatic heterocycles. The van der Waals surface area contributed by atoms with Gasteiger partial charge >= 0.3 is 10.3 Å². The van der Waals surface area contributed by atoms with Crippen molar-refractivity contribution < 1.29 is 17.7 Å². The number of nitrogens with two attached hydrogens (primary N) is 1. The van der Waals surface area contributed by atoms with Crippen LogP contribution in [0.4, 0.5) is 5.69 Å². The van der Waals surface area contributed by atoms with E-state index in [4.69, 9.17) is 15.1 Å². The van der Waals surface area contributed by atoms with Crippen molar-refractivity contribution >= 4 is 45.5 Å². The van der Waals surface area contributed by atoms with Crippen LogP contribution in [-0.2, 0) is 10.3 Å². The molecule has 0 spiro atoms. The zero-order valence-corrected chi connectivity index (χ0v) is 11.2. The van der Waals surface area contributed by atoms with E-state index in [1.54, 1.807) is 0 Å². The Balaban J connectivity index is 0.00000196. The normalized spacial score (nSPS) is 10.3. The third-order valence-corrected chi connectivity index (χ3v) is 2.28. The molecule has 0 unspecified atom stereocenters. The molecule has 8 heteroatoms. The maximum absolute atomic E-state index is 10.6. The van der Waals surface area contributed by atoms with E-state index in [1.165, 1.54) is 31.4 Å². The van der Waals surface area contributed by atoms with Crippen LogP contribution in [0.15, 0.2) is 24.3 Å². The number of rotatable bonds is 3. The molecule has 0 heterocycles. The molecule has 1 aromatic rings. The first-order chi connectivity index (χ1) is 6.45. The van der Waals surface area contributed by atoms with Gasteiger partial charge in [-0.25, -0.2) is 5.84 Å². The van der Waals surface area contributed by atoms with Crippen LogP contribution < -0.4 is 15.0 Å². The molecule has 1 rings (SSSR count). The van der Waals surface area contributed by atoms with Gasteiger partial charge in [0.2, 0.25) is 0 Å². The van der Waals surface area contributed by atoms with Gasteiger partial charge < -0.3 is 4.74 Å². The zero-order chi connectivity index (χ0) is 10.8. The molecular weight excluding hydrogens is 231 g/mol. The van der Waals surface area contributed by atoms with Gasteiger partial charge in [-0.3, -0.25) is 4.55 Å². The summed E-state index contributed by atoms with van der Waals surface area (Å²) in [5.41, 5.74) is 0.147. The number of hydrazine groups is 1. The first kappa shape index (κ1) is 14.7. The fourth-order valence-corrected chi connectivity index (χ4v) is 1.25. The molecule has 1 radical (unpaired) electrons. The van der Waals surface area contributed by atoms with Gasteiger partial charge in [-0.15, -0.1) is 0 Å². The average molecular weight is 241 g/mol. The standard InChI is InChI=1S/C7H10N2O4S.Na/c1-13-7-4-2-6(3-5-7)9(8)14(10,11)12;/h2-5H,8H2,1H3,(H,10,11,12);. The topological polar surface area (TPSA) is 92.9 Å². The first-order valence-corrected chi connectivity index (χ1v) is 5.01. The van der Waals surface area contributed by atoms with Gasteiger partial charge in [-0.2, -0.15) is 12.8 Å². The van der Waals surface area contributed by atoms with E-state index in [0.717, 1.165) is 0 Å². The van der Waals surface area contributed by atoms with Crippen LogP contribution in [0.2, 0.25) is 0 Å². The van der Waals surface area contributed by atoms with Crippen molar-refractivity contribution in [1.29, 1.82) is 0 Å². The molecule has 0 saturated carbocycles. The Morgan fingerprint density at radius 3 is 2.13 bits per heavy atom. The molecule has 3 N–H and O–H groups in total. The number of anilines is 1. The summed E-state index contributed by atoms with van der Waals surface area (Å²) in [7, 11) is -2.92. The molecule has 0 aliphatic rings. The zero-order valence-electron chi connectivity index (χ0n) is 8.41. The van der Waals surface area contributed by atoms with Crippen molar-refractivity contribution in [1.82, 2.24) is 0 Å². The summed E-state index contributed by atoms with van der Waals surface area (Å²) in [4.78, 5) is 0. The second-order valence-electron chi connectivity index (χ2n) is 2.47. The molecule has 0 fully saturated rings. The number of nitrogens with zero attached hydrogens (tertiary/aromatic N) is 1. The van der Waals surface area contributed by atoms with Gasteiger partial charge in [0, 0.05) is 29.6 Å². The number of benzene rings is 1. The van der Waals surface area contributed by atoms with E-state index in [1.807, 2.05) is 0 Å². The second kappa shape index (κ2) is 5.69. The summed E-state index contributed by atoms with van der Waals surface area (Å²) in [6, 6.07) is 5.87. The molecule has 1 aromatic carbocycles. The van der Waals surface area contributed by atoms with E-state index in [2.05, 4.69) is 0 Å². The fourth-order valence-electron chi connectivity index (χ4n) is 0.862. The molecule has 0 saturated heterocycles. The van der Waals surface area contributed by atoms with Crippen molar-refractivity contribution in [2.45, 2.75) is 0 Å². The summed E-state index contributed by atoms with van der Waals surface area (Å²) in [5, 5.41) is 0. The molecule has 6 nitrogen and oxygen atoms in total. The van der Waals surface area contributed by atoms with E-state index in [-0.39, 0.29) is 39.7 Å². The Bertz CT molecular complexity index is 406. The molecule has 15 heavy (non-hydrogen) atoms. The third kappa shape index (κ3) is 3.98. The quantitative estimate of drug-likeness (QED) is 0.331. The predicted molar refractivity (Wildman–Crippen MR) is 57.0 cm³/mol. The summed E-state index contributed by atoms with van der Waals surface area (Å²) in [6.07, 6.45) is 0. The summed E-state index contributed by atoms with van der Waals surface area (Å²) in [5.74, 6) is 5.69. The minimum atomic E-state index is -4.41. The summed E-state index contributed by atoms with van der Waals surface area (Å²) < 4.78 is 35.0. The maximum atomic E-state index is 10.6. The SMILES string of the molecule is COc1ccc(N(N)S(=O)(=O)O)cc1.[Na]. The number of methoxy groups -OCH3 is 1. The second-order valence-corrected chi connectivity index (χ2v) is 3.76. The number of hydrogen-bond donors (Lipinski definition) is 2. The summed E-state index contributed by atoms with van der Waals surface area (Å²) in [6.45, 7) is 0. The van der Waals surface area contributed by atoms with Crippen molar-refractivity contribution in [3.63, 3.8) is 0 Å². The largest absolute Gasteiger partial charge is 0.497 e. The van der Waals surface area contributed by atoms with Gasteiger partial charge in [0.1, 0.15) is 5.75 Å². The van der Waals surface area contributed by atoms with Crippen molar-refractivity contribution in [3.05, 3.63) is 24.3 Å². The van der Waals surface area contributed by atoms with Crippen LogP contribution >= 0.6 is 0 Å². The Morgan fingerprint density at radius 1 is 1.33 bits per heavy atom. The summed E-state index contributed by atoms with van der Waals surface area (Å²) >= 11 is 0. The van der Waals surface area contributed by atoms with Crippen LogP contribution in [0, 0.1) is 0 Å². The molecule has 0 bridgehead atoms. The van der Waals surface area contributed by atoms with Crippen LogP contribution in [0.25, 0.3) is 0 Å². The number of ether oxygens (including phenoxy) is 1. The average Bonchev–Trinajstić information content (AvgIpc) is 2.15. The van der Waals surface area contributed by atoms with Crippen molar-refractivity contribution in [2.75, 3.05) is 11.5 Å². The Kier molecular flexibility index (Phi) is 5.57. The van der Waals surface area contributed by atoms with E-state index >= 15 is 0 Å². The third-order valence-electron chi connectivity index (χ3n) is 1.58. The Morgan fingerprint density at radius 2 is 1.80 bits per heavy atom. The molecule has 0 amide bonds. The van der Waals surface area contributed by atoms with Crippen LogP contribution in [0.3, 0.4) is 0 Å². The monoisotopic (exact) mass is 241 g/mol. The van der Waals surface area contributed by atoms with Gasteiger partial charge in [-0.1, -0.05) is 0 Å². The molecule has 0 aliphatic heterocycles. The van der Waals surface area contributed by atoms with Crippen molar-refractivity contribution in [2.24, 2.45) is 5.84 Å². The molecule has 79 valence electrons. The molecule has 0 atom stereocenters. The van der Waals surface area contributed by atoms with Gasteiger partial charge in [-0.05, 0) is 24.3 Å². The van der Waals surface area contributed by atoms with Crippen LogP contribution in [0.5, 0.6) is 5.75 Å². The van der Waals surface area contributed by atoms with Crippen LogP contribution in [0.1, 0.15) is 0 Å². The smallest absolute Gasteiger partial charge is 0.373 e. The van der Waals surface area contributed by atoms with E-state index in [0.29, 0.717) is 5.75 Å². The Labute approximate surface area is 110 Å². The van der Waals surface area contributed by atoms with Crippen LogP contribution in [-0.4, -0.2) is 49.6 Å².